The zero-order valence-corrected chi connectivity index (χ0v) is 7.36. The van der Waals surface area contributed by atoms with E-state index in [9.17, 15) is 22.8 Å². The van der Waals surface area contributed by atoms with Gasteiger partial charge >= 0.3 is 18.1 Å². The second kappa shape index (κ2) is 3.35. The van der Waals surface area contributed by atoms with Gasteiger partial charge in [-0.25, -0.2) is 4.79 Å². The van der Waals surface area contributed by atoms with Crippen LogP contribution in [-0.4, -0.2) is 18.1 Å². The first-order chi connectivity index (χ1) is 5.55. The van der Waals surface area contributed by atoms with Gasteiger partial charge in [0.15, 0.2) is 0 Å². The number of carbonyl (C=O) groups excluding carboxylic acids is 2. The van der Waals surface area contributed by atoms with E-state index in [0.29, 0.717) is 0 Å². The molecule has 0 aliphatic carbocycles. The van der Waals surface area contributed by atoms with Crippen LogP contribution in [0.5, 0.6) is 0 Å². The minimum atomic E-state index is -5.12. The van der Waals surface area contributed by atoms with Crippen molar-refractivity contribution < 1.29 is 27.5 Å². The Labute approximate surface area is 72.9 Å². The topological polar surface area (TPSA) is 43.4 Å². The standard InChI is InChI=1S/C7H9F3O3/c1-6(2,3)4(11)13-5(12)7(8,9)10/h1-3H3. The summed E-state index contributed by atoms with van der Waals surface area (Å²) in [6.45, 7) is 4.04. The molecular formula is C7H9F3O3. The monoisotopic (exact) mass is 198 g/mol. The summed E-state index contributed by atoms with van der Waals surface area (Å²) in [5.41, 5.74) is -1.12. The van der Waals surface area contributed by atoms with E-state index in [4.69, 9.17) is 0 Å². The predicted molar refractivity (Wildman–Crippen MR) is 36.6 cm³/mol. The van der Waals surface area contributed by atoms with Crippen molar-refractivity contribution >= 4 is 11.9 Å². The van der Waals surface area contributed by atoms with E-state index in [1.54, 1.807) is 0 Å². The van der Waals surface area contributed by atoms with Crippen molar-refractivity contribution in [3.05, 3.63) is 0 Å². The van der Waals surface area contributed by atoms with Crippen LogP contribution < -0.4 is 0 Å². The molecule has 0 amide bonds. The third-order valence-corrected chi connectivity index (χ3v) is 1.03. The second-order valence-corrected chi connectivity index (χ2v) is 3.42. The minimum Gasteiger partial charge on any atom is -0.386 e. The lowest BCUT2D eigenvalue weighted by Crippen LogP contribution is -2.33. The van der Waals surface area contributed by atoms with Gasteiger partial charge in [0.2, 0.25) is 0 Å². The lowest BCUT2D eigenvalue weighted by atomic mass is 9.97. The number of alkyl halides is 3. The van der Waals surface area contributed by atoms with E-state index >= 15 is 0 Å². The number of halogens is 3. The molecule has 0 aromatic rings. The molecule has 3 nitrogen and oxygen atoms in total. The van der Waals surface area contributed by atoms with Gasteiger partial charge in [-0.05, 0) is 20.8 Å². The van der Waals surface area contributed by atoms with E-state index in [2.05, 4.69) is 4.74 Å². The summed E-state index contributed by atoms with van der Waals surface area (Å²) in [6, 6.07) is 0. The number of esters is 2. The highest BCUT2D eigenvalue weighted by Crippen LogP contribution is 2.21. The Kier molecular flexibility index (Phi) is 3.08. The van der Waals surface area contributed by atoms with Crippen LogP contribution in [0.1, 0.15) is 20.8 Å². The maximum absolute atomic E-state index is 11.6. The summed E-state index contributed by atoms with van der Waals surface area (Å²) in [7, 11) is 0. The second-order valence-electron chi connectivity index (χ2n) is 3.42. The van der Waals surface area contributed by atoms with Gasteiger partial charge in [0.05, 0.1) is 5.41 Å². The molecule has 0 heterocycles. The van der Waals surface area contributed by atoms with Gasteiger partial charge in [0, 0.05) is 0 Å². The van der Waals surface area contributed by atoms with Gasteiger partial charge in [-0.15, -0.1) is 0 Å². The van der Waals surface area contributed by atoms with Crippen molar-refractivity contribution in [2.45, 2.75) is 26.9 Å². The Morgan fingerprint density at radius 2 is 1.38 bits per heavy atom. The summed E-state index contributed by atoms with van der Waals surface area (Å²) >= 11 is 0. The Balaban J connectivity index is 4.34. The molecule has 76 valence electrons. The van der Waals surface area contributed by atoms with Crippen LogP contribution >= 0.6 is 0 Å². The predicted octanol–water partition coefficient (Wildman–Crippen LogP) is 1.66. The van der Waals surface area contributed by atoms with Gasteiger partial charge in [0.25, 0.3) is 0 Å². The molecule has 0 N–H and O–H groups in total. The van der Waals surface area contributed by atoms with Crippen molar-refractivity contribution in [1.29, 1.82) is 0 Å². The van der Waals surface area contributed by atoms with Gasteiger partial charge < -0.3 is 4.74 Å². The Bertz CT molecular complexity index is 200. The largest absolute Gasteiger partial charge is 0.491 e. The summed E-state index contributed by atoms with van der Waals surface area (Å²) in [5, 5.41) is 0. The smallest absolute Gasteiger partial charge is 0.386 e. The summed E-state index contributed by atoms with van der Waals surface area (Å²) in [4.78, 5) is 20.9. The highest BCUT2D eigenvalue weighted by atomic mass is 19.4. The minimum absolute atomic E-state index is 1.12. The van der Waals surface area contributed by atoms with Crippen LogP contribution in [-0.2, 0) is 14.3 Å². The fraction of sp³-hybridized carbons (Fsp3) is 0.714. The number of rotatable bonds is 0. The fourth-order valence-electron chi connectivity index (χ4n) is 0.295. The van der Waals surface area contributed by atoms with Gasteiger partial charge in [-0.3, -0.25) is 4.79 Å². The lowest BCUT2D eigenvalue weighted by Gasteiger charge is -2.15. The number of ether oxygens (including phenoxy) is 1. The van der Waals surface area contributed by atoms with Crippen LogP contribution in [0, 0.1) is 5.41 Å². The maximum atomic E-state index is 11.6. The zero-order chi connectivity index (χ0) is 10.9. The zero-order valence-electron chi connectivity index (χ0n) is 7.36. The van der Waals surface area contributed by atoms with Gasteiger partial charge in [0.1, 0.15) is 0 Å². The highest BCUT2D eigenvalue weighted by molar-refractivity contribution is 5.90. The Morgan fingerprint density at radius 3 is 1.62 bits per heavy atom. The Hall–Kier alpha value is -1.07. The first kappa shape index (κ1) is 11.9. The van der Waals surface area contributed by atoms with Crippen LogP contribution in [0.4, 0.5) is 13.2 Å². The molecule has 0 unspecified atom stereocenters. The molecule has 0 aromatic carbocycles. The molecule has 0 radical (unpaired) electrons. The highest BCUT2D eigenvalue weighted by Gasteiger charge is 2.43. The molecule has 0 aliphatic rings. The molecule has 0 aromatic heterocycles. The van der Waals surface area contributed by atoms with Crippen LogP contribution in [0.2, 0.25) is 0 Å². The van der Waals surface area contributed by atoms with E-state index in [0.717, 1.165) is 0 Å². The molecule has 0 fully saturated rings. The van der Waals surface area contributed by atoms with Crippen molar-refractivity contribution in [3.8, 4) is 0 Å². The van der Waals surface area contributed by atoms with E-state index in [1.807, 2.05) is 0 Å². The molecule has 6 heteroatoms. The van der Waals surface area contributed by atoms with E-state index in [-0.39, 0.29) is 0 Å². The van der Waals surface area contributed by atoms with Crippen LogP contribution in [0.25, 0.3) is 0 Å². The van der Waals surface area contributed by atoms with Crippen LogP contribution in [0.15, 0.2) is 0 Å². The van der Waals surface area contributed by atoms with E-state index < -0.39 is 23.5 Å². The number of hydrogen-bond acceptors (Lipinski definition) is 3. The molecule has 0 saturated heterocycles. The third kappa shape index (κ3) is 3.91. The molecular weight excluding hydrogens is 189 g/mol. The normalized spacial score (nSPS) is 12.5. The fourth-order valence-corrected chi connectivity index (χ4v) is 0.295. The molecule has 0 saturated carbocycles. The van der Waals surface area contributed by atoms with Crippen molar-refractivity contribution in [1.82, 2.24) is 0 Å². The first-order valence-corrected chi connectivity index (χ1v) is 3.38. The molecule has 0 atom stereocenters. The number of hydrogen-bond donors (Lipinski definition) is 0. The van der Waals surface area contributed by atoms with Gasteiger partial charge in [-0.2, -0.15) is 13.2 Å². The molecule has 0 spiro atoms. The molecule has 0 rings (SSSR count). The molecule has 0 bridgehead atoms. The van der Waals surface area contributed by atoms with Crippen LogP contribution in [0.3, 0.4) is 0 Å². The van der Waals surface area contributed by atoms with Crippen molar-refractivity contribution in [3.63, 3.8) is 0 Å². The lowest BCUT2D eigenvalue weighted by molar-refractivity contribution is -0.204. The maximum Gasteiger partial charge on any atom is 0.491 e. The quantitative estimate of drug-likeness (QED) is 0.439. The first-order valence-electron chi connectivity index (χ1n) is 3.38. The summed E-state index contributed by atoms with van der Waals surface area (Å²) in [5.74, 6) is -3.68. The molecule has 13 heavy (non-hydrogen) atoms. The Morgan fingerprint density at radius 1 is 1.00 bits per heavy atom. The summed E-state index contributed by atoms with van der Waals surface area (Å²) in [6.07, 6.45) is -5.12. The SMILES string of the molecule is CC(C)(C)C(=O)OC(=O)C(F)(F)F. The average Bonchev–Trinajstić information content (AvgIpc) is 1.82. The van der Waals surface area contributed by atoms with Crippen molar-refractivity contribution in [2.75, 3.05) is 0 Å². The molecule has 0 aliphatic heterocycles. The van der Waals surface area contributed by atoms with Crippen molar-refractivity contribution in [2.24, 2.45) is 5.41 Å². The van der Waals surface area contributed by atoms with E-state index in [1.165, 1.54) is 20.8 Å². The summed E-state index contributed by atoms with van der Waals surface area (Å²) < 4.78 is 38.3. The third-order valence-electron chi connectivity index (χ3n) is 1.03. The van der Waals surface area contributed by atoms with Gasteiger partial charge in [-0.1, -0.05) is 0 Å². The average molecular weight is 198 g/mol. The number of carbonyl (C=O) groups is 2.